The van der Waals surface area contributed by atoms with E-state index in [-0.39, 0.29) is 11.7 Å². The summed E-state index contributed by atoms with van der Waals surface area (Å²) in [6.07, 6.45) is 5.37. The second kappa shape index (κ2) is 7.77. The lowest BCUT2D eigenvalue weighted by atomic mass is 10.2. The second-order valence-electron chi connectivity index (χ2n) is 6.56. The molecule has 1 N–H and O–H groups in total. The van der Waals surface area contributed by atoms with Gasteiger partial charge >= 0.3 is 0 Å². The molecule has 1 fully saturated rings. The van der Waals surface area contributed by atoms with Crippen LogP contribution in [0.15, 0.2) is 48.9 Å². The largest absolute Gasteiger partial charge is 0.378 e. The molecule has 3 heterocycles. The number of nitrogens with zero attached hydrogens (tertiary/aromatic N) is 4. The molecule has 0 radical (unpaired) electrons. The number of hydrogen-bond acceptors (Lipinski definition) is 5. The van der Waals surface area contributed by atoms with Crippen molar-refractivity contribution < 1.29 is 13.9 Å². The number of carbonyl (C=O) groups excluding carboxylic acids is 1. The molecular weight excluding hydrogens is 361 g/mol. The van der Waals surface area contributed by atoms with Gasteiger partial charge in [0.05, 0.1) is 13.2 Å². The molecule has 0 atom stereocenters. The minimum Gasteiger partial charge on any atom is -0.378 e. The molecule has 1 saturated heterocycles. The Kier molecular flexibility index (Phi) is 5.03. The van der Waals surface area contributed by atoms with Crippen LogP contribution in [0.5, 0.6) is 0 Å². The Bertz CT molecular complexity index is 963. The highest BCUT2D eigenvalue weighted by Gasteiger charge is 2.16. The summed E-state index contributed by atoms with van der Waals surface area (Å²) >= 11 is 0. The number of aromatic nitrogens is 3. The zero-order chi connectivity index (χ0) is 19.5. The first-order valence-electron chi connectivity index (χ1n) is 8.98. The average Bonchev–Trinajstić information content (AvgIpc) is 3.12. The van der Waals surface area contributed by atoms with Gasteiger partial charge in [0.2, 0.25) is 5.95 Å². The molecule has 1 aliphatic heterocycles. The van der Waals surface area contributed by atoms with E-state index in [2.05, 4.69) is 20.2 Å². The van der Waals surface area contributed by atoms with Gasteiger partial charge in [-0.25, -0.2) is 14.4 Å². The molecule has 1 aromatic carbocycles. The van der Waals surface area contributed by atoms with Gasteiger partial charge in [-0.3, -0.25) is 4.79 Å². The third-order valence-corrected chi connectivity index (χ3v) is 4.61. The van der Waals surface area contributed by atoms with Crippen molar-refractivity contribution in [1.82, 2.24) is 14.5 Å². The number of halogens is 1. The van der Waals surface area contributed by atoms with Gasteiger partial charge in [-0.2, -0.15) is 0 Å². The Morgan fingerprint density at radius 1 is 1.11 bits per heavy atom. The normalized spacial score (nSPS) is 14.1. The maximum Gasteiger partial charge on any atom is 0.272 e. The standard InChI is InChI=1S/C20H20FN5O2/c1-25-13-14(10-18(25)19(27)24-17-4-2-16(21)3-5-17)15-11-22-20(23-12-15)26-6-8-28-9-7-26/h2-5,10-13H,6-9H2,1H3,(H,24,27). The van der Waals surface area contributed by atoms with Crippen molar-refractivity contribution in [2.24, 2.45) is 7.05 Å². The van der Waals surface area contributed by atoms with Crippen LogP contribution in [0.2, 0.25) is 0 Å². The lowest BCUT2D eigenvalue weighted by Gasteiger charge is -2.26. The summed E-state index contributed by atoms with van der Waals surface area (Å²) in [6, 6.07) is 7.44. The summed E-state index contributed by atoms with van der Waals surface area (Å²) in [7, 11) is 1.80. The van der Waals surface area contributed by atoms with Crippen molar-refractivity contribution in [2.75, 3.05) is 36.5 Å². The fourth-order valence-electron chi connectivity index (χ4n) is 3.07. The highest BCUT2D eigenvalue weighted by molar-refractivity contribution is 6.04. The second-order valence-corrected chi connectivity index (χ2v) is 6.56. The van der Waals surface area contributed by atoms with E-state index in [1.807, 2.05) is 6.20 Å². The predicted molar refractivity (Wildman–Crippen MR) is 104 cm³/mol. The first-order valence-corrected chi connectivity index (χ1v) is 8.98. The Morgan fingerprint density at radius 2 is 1.79 bits per heavy atom. The molecule has 1 amide bonds. The van der Waals surface area contributed by atoms with Gasteiger partial charge in [0, 0.05) is 55.5 Å². The van der Waals surface area contributed by atoms with Crippen molar-refractivity contribution in [2.45, 2.75) is 0 Å². The van der Waals surface area contributed by atoms with E-state index in [9.17, 15) is 9.18 Å². The number of amides is 1. The molecule has 0 aliphatic carbocycles. The van der Waals surface area contributed by atoms with Crippen molar-refractivity contribution in [3.8, 4) is 11.1 Å². The molecule has 0 bridgehead atoms. The smallest absolute Gasteiger partial charge is 0.272 e. The lowest BCUT2D eigenvalue weighted by molar-refractivity contribution is 0.101. The van der Waals surface area contributed by atoms with Crippen LogP contribution >= 0.6 is 0 Å². The molecule has 3 aromatic rings. The zero-order valence-corrected chi connectivity index (χ0v) is 15.4. The number of benzene rings is 1. The molecule has 4 rings (SSSR count). The third-order valence-electron chi connectivity index (χ3n) is 4.61. The number of carbonyl (C=O) groups is 1. The number of rotatable bonds is 4. The minimum atomic E-state index is -0.348. The quantitative estimate of drug-likeness (QED) is 0.752. The molecule has 1 aliphatic rings. The molecule has 2 aromatic heterocycles. The Morgan fingerprint density at radius 3 is 2.46 bits per heavy atom. The molecule has 7 nitrogen and oxygen atoms in total. The van der Waals surface area contributed by atoms with E-state index in [0.717, 1.165) is 24.2 Å². The molecule has 0 saturated carbocycles. The Hall–Kier alpha value is -3.26. The summed E-state index contributed by atoms with van der Waals surface area (Å²) in [4.78, 5) is 23.5. The number of morpholine rings is 1. The van der Waals surface area contributed by atoms with Crippen molar-refractivity contribution in [3.63, 3.8) is 0 Å². The van der Waals surface area contributed by atoms with Crippen LogP contribution in [0.3, 0.4) is 0 Å². The highest BCUT2D eigenvalue weighted by atomic mass is 19.1. The van der Waals surface area contributed by atoms with E-state index < -0.39 is 0 Å². The van der Waals surface area contributed by atoms with Gasteiger partial charge < -0.3 is 19.5 Å². The number of hydrogen-bond donors (Lipinski definition) is 1. The molecular formula is C20H20FN5O2. The average molecular weight is 381 g/mol. The van der Waals surface area contributed by atoms with Crippen LogP contribution in [-0.4, -0.2) is 46.7 Å². The predicted octanol–water partition coefficient (Wildman–Crippen LogP) is 2.71. The number of nitrogens with one attached hydrogen (secondary N) is 1. The first kappa shape index (κ1) is 18.1. The molecule has 28 heavy (non-hydrogen) atoms. The molecule has 0 unspecified atom stereocenters. The summed E-state index contributed by atoms with van der Waals surface area (Å²) in [5.74, 6) is 0.0585. The van der Waals surface area contributed by atoms with Gasteiger partial charge in [0.1, 0.15) is 11.5 Å². The maximum atomic E-state index is 13.0. The van der Waals surface area contributed by atoms with Gasteiger partial charge in [0.15, 0.2) is 0 Å². The SMILES string of the molecule is Cn1cc(-c2cnc(N3CCOCC3)nc2)cc1C(=O)Nc1ccc(F)cc1. The van der Waals surface area contributed by atoms with Crippen LogP contribution < -0.4 is 10.2 Å². The third kappa shape index (κ3) is 3.86. The van der Waals surface area contributed by atoms with Crippen LogP contribution in [0.1, 0.15) is 10.5 Å². The Balaban J connectivity index is 1.50. The van der Waals surface area contributed by atoms with Crippen molar-refractivity contribution >= 4 is 17.5 Å². The number of anilines is 2. The summed E-state index contributed by atoms with van der Waals surface area (Å²) in [5.41, 5.74) is 2.69. The van der Waals surface area contributed by atoms with Gasteiger partial charge in [-0.05, 0) is 30.3 Å². The molecule has 0 spiro atoms. The van der Waals surface area contributed by atoms with Crippen LogP contribution in [0.25, 0.3) is 11.1 Å². The minimum absolute atomic E-state index is 0.272. The van der Waals surface area contributed by atoms with Crippen LogP contribution in [0, 0.1) is 5.82 Å². The molecule has 144 valence electrons. The number of ether oxygens (including phenoxy) is 1. The summed E-state index contributed by atoms with van der Waals surface area (Å²) < 4.78 is 20.1. The first-order chi connectivity index (χ1) is 13.6. The maximum absolute atomic E-state index is 13.0. The van der Waals surface area contributed by atoms with Gasteiger partial charge in [0.25, 0.3) is 5.91 Å². The topological polar surface area (TPSA) is 72.3 Å². The summed E-state index contributed by atoms with van der Waals surface area (Å²) in [5, 5.41) is 2.77. The van der Waals surface area contributed by atoms with E-state index in [1.54, 1.807) is 30.1 Å². The van der Waals surface area contributed by atoms with E-state index in [0.29, 0.717) is 30.5 Å². The molecule has 8 heteroatoms. The highest BCUT2D eigenvalue weighted by Crippen LogP contribution is 2.22. The van der Waals surface area contributed by atoms with Gasteiger partial charge in [-0.15, -0.1) is 0 Å². The van der Waals surface area contributed by atoms with E-state index in [1.165, 1.54) is 24.3 Å². The number of aryl methyl sites for hydroxylation is 1. The van der Waals surface area contributed by atoms with E-state index in [4.69, 9.17) is 4.74 Å². The zero-order valence-electron chi connectivity index (χ0n) is 15.4. The fraction of sp³-hybridized carbons (Fsp3) is 0.250. The monoisotopic (exact) mass is 381 g/mol. The lowest BCUT2D eigenvalue weighted by Crippen LogP contribution is -2.37. The van der Waals surface area contributed by atoms with Crippen molar-refractivity contribution in [1.29, 1.82) is 0 Å². The summed E-state index contributed by atoms with van der Waals surface area (Å²) in [6.45, 7) is 2.91. The van der Waals surface area contributed by atoms with Crippen LogP contribution in [0.4, 0.5) is 16.0 Å². The fourth-order valence-corrected chi connectivity index (χ4v) is 3.07. The Labute approximate surface area is 161 Å². The van der Waals surface area contributed by atoms with Crippen LogP contribution in [-0.2, 0) is 11.8 Å². The van der Waals surface area contributed by atoms with Crippen molar-refractivity contribution in [3.05, 3.63) is 60.4 Å². The van der Waals surface area contributed by atoms with Gasteiger partial charge in [-0.1, -0.05) is 0 Å². The van der Waals surface area contributed by atoms with E-state index >= 15 is 0 Å².